The summed E-state index contributed by atoms with van der Waals surface area (Å²) in [5.74, 6) is 0.632. The lowest BCUT2D eigenvalue weighted by Crippen LogP contribution is -2.19. The van der Waals surface area contributed by atoms with E-state index in [4.69, 9.17) is 0 Å². The van der Waals surface area contributed by atoms with Crippen LogP contribution in [-0.4, -0.2) is 9.97 Å². The maximum absolute atomic E-state index is 11.7. The Balaban J connectivity index is 2.55. The van der Waals surface area contributed by atoms with E-state index in [1.54, 1.807) is 6.07 Å². The zero-order chi connectivity index (χ0) is 13.3. The lowest BCUT2D eigenvalue weighted by atomic mass is 9.92. The van der Waals surface area contributed by atoms with Crippen molar-refractivity contribution in [2.45, 2.75) is 33.1 Å². The molecule has 0 atom stereocenters. The van der Waals surface area contributed by atoms with E-state index in [1.165, 1.54) is 5.56 Å². The molecule has 1 aromatic carbocycles. The molecule has 0 aliphatic heterocycles. The van der Waals surface area contributed by atoms with Crippen LogP contribution in [0, 0.1) is 6.92 Å². The molecule has 0 fully saturated rings. The topological polar surface area (TPSA) is 45.8 Å². The average Bonchev–Trinajstić information content (AvgIpc) is 2.28. The van der Waals surface area contributed by atoms with Crippen molar-refractivity contribution in [3.05, 3.63) is 51.9 Å². The molecule has 1 N–H and O–H groups in total. The fraction of sp³-hybridized carbons (Fsp3) is 0.333. The van der Waals surface area contributed by atoms with Crippen molar-refractivity contribution in [1.82, 2.24) is 9.97 Å². The molecule has 2 aromatic rings. The highest BCUT2D eigenvalue weighted by Crippen LogP contribution is 2.21. The van der Waals surface area contributed by atoms with Gasteiger partial charge in [-0.05, 0) is 6.92 Å². The number of hydrogen-bond donors (Lipinski definition) is 1. The zero-order valence-corrected chi connectivity index (χ0v) is 11.2. The molecule has 0 radical (unpaired) electrons. The van der Waals surface area contributed by atoms with E-state index in [-0.39, 0.29) is 11.0 Å². The van der Waals surface area contributed by atoms with Crippen LogP contribution in [0.5, 0.6) is 0 Å². The van der Waals surface area contributed by atoms with Gasteiger partial charge in [0.05, 0.1) is 5.69 Å². The minimum absolute atomic E-state index is 0.106. The zero-order valence-electron chi connectivity index (χ0n) is 11.2. The Bertz CT molecular complexity index is 604. The van der Waals surface area contributed by atoms with Crippen molar-refractivity contribution in [3.63, 3.8) is 0 Å². The molecule has 3 nitrogen and oxygen atoms in total. The van der Waals surface area contributed by atoms with Crippen LogP contribution in [0.25, 0.3) is 11.4 Å². The molecular formula is C15H18N2O. The van der Waals surface area contributed by atoms with E-state index in [9.17, 15) is 4.79 Å². The quantitative estimate of drug-likeness (QED) is 0.835. The highest BCUT2D eigenvalue weighted by Gasteiger charge is 2.17. The van der Waals surface area contributed by atoms with Crippen LogP contribution in [0.1, 0.15) is 32.0 Å². The Morgan fingerprint density at radius 3 is 2.28 bits per heavy atom. The lowest BCUT2D eigenvalue weighted by Gasteiger charge is -2.17. The van der Waals surface area contributed by atoms with Gasteiger partial charge in [-0.1, -0.05) is 50.6 Å². The molecule has 0 aliphatic rings. The highest BCUT2D eigenvalue weighted by atomic mass is 16.1. The molecule has 3 heteroatoms. The molecule has 0 aliphatic carbocycles. The molecule has 0 saturated carbocycles. The summed E-state index contributed by atoms with van der Waals surface area (Å²) in [6.07, 6.45) is 0. The second kappa shape index (κ2) is 4.41. The minimum atomic E-state index is -0.131. The maximum atomic E-state index is 11.7. The van der Waals surface area contributed by atoms with E-state index in [2.05, 4.69) is 9.97 Å². The van der Waals surface area contributed by atoms with Crippen LogP contribution in [-0.2, 0) is 5.41 Å². The number of aromatic amines is 1. The highest BCUT2D eigenvalue weighted by molar-refractivity contribution is 5.55. The van der Waals surface area contributed by atoms with Gasteiger partial charge in [0.1, 0.15) is 5.82 Å². The summed E-state index contributed by atoms with van der Waals surface area (Å²) in [7, 11) is 0. The lowest BCUT2D eigenvalue weighted by molar-refractivity contribution is 0.566. The number of hydrogen-bond acceptors (Lipinski definition) is 2. The van der Waals surface area contributed by atoms with Gasteiger partial charge in [0.15, 0.2) is 0 Å². The van der Waals surface area contributed by atoms with E-state index >= 15 is 0 Å². The van der Waals surface area contributed by atoms with Gasteiger partial charge in [0.25, 0.3) is 5.56 Å². The Kier molecular flexibility index (Phi) is 3.07. The summed E-state index contributed by atoms with van der Waals surface area (Å²) in [6.45, 7) is 8.18. The van der Waals surface area contributed by atoms with Crippen LogP contribution in [0.2, 0.25) is 0 Å². The van der Waals surface area contributed by atoms with Gasteiger partial charge in [0, 0.05) is 17.0 Å². The van der Waals surface area contributed by atoms with Crippen LogP contribution in [0.4, 0.5) is 0 Å². The predicted octanol–water partition coefficient (Wildman–Crippen LogP) is 3.04. The molecule has 0 spiro atoms. The van der Waals surface area contributed by atoms with Gasteiger partial charge in [0.2, 0.25) is 0 Å². The summed E-state index contributed by atoms with van der Waals surface area (Å²) in [4.78, 5) is 19.0. The Hall–Kier alpha value is -1.90. The molecular weight excluding hydrogens is 224 g/mol. The fourth-order valence-corrected chi connectivity index (χ4v) is 1.69. The van der Waals surface area contributed by atoms with Gasteiger partial charge in [-0.15, -0.1) is 0 Å². The second-order valence-corrected chi connectivity index (χ2v) is 5.60. The monoisotopic (exact) mass is 242 g/mol. The third-order valence-electron chi connectivity index (χ3n) is 2.84. The number of aryl methyl sites for hydroxylation is 1. The van der Waals surface area contributed by atoms with Gasteiger partial charge >= 0.3 is 0 Å². The number of benzene rings is 1. The molecule has 18 heavy (non-hydrogen) atoms. The van der Waals surface area contributed by atoms with Crippen LogP contribution in [0.15, 0.2) is 35.1 Å². The van der Waals surface area contributed by atoms with Crippen molar-refractivity contribution in [1.29, 1.82) is 0 Å². The number of aromatic nitrogens is 2. The minimum Gasteiger partial charge on any atom is -0.307 e. The molecule has 2 rings (SSSR count). The molecule has 94 valence electrons. The number of nitrogens with one attached hydrogen (secondary N) is 1. The molecule has 0 amide bonds. The van der Waals surface area contributed by atoms with Crippen LogP contribution in [0.3, 0.4) is 0 Å². The third kappa shape index (κ3) is 2.67. The van der Waals surface area contributed by atoms with Crippen molar-refractivity contribution >= 4 is 0 Å². The maximum Gasteiger partial charge on any atom is 0.251 e. The van der Waals surface area contributed by atoms with E-state index < -0.39 is 0 Å². The first-order chi connectivity index (χ1) is 8.36. The van der Waals surface area contributed by atoms with Crippen molar-refractivity contribution < 1.29 is 0 Å². The number of H-pyrrole nitrogens is 1. The normalized spacial score (nSPS) is 11.6. The van der Waals surface area contributed by atoms with Gasteiger partial charge < -0.3 is 4.98 Å². The Morgan fingerprint density at radius 1 is 1.11 bits per heavy atom. The second-order valence-electron chi connectivity index (χ2n) is 5.60. The first kappa shape index (κ1) is 12.6. The van der Waals surface area contributed by atoms with E-state index in [0.717, 1.165) is 11.3 Å². The van der Waals surface area contributed by atoms with Crippen molar-refractivity contribution in [3.8, 4) is 11.4 Å². The van der Waals surface area contributed by atoms with Gasteiger partial charge in [-0.3, -0.25) is 4.79 Å². The predicted molar refractivity (Wildman–Crippen MR) is 73.7 cm³/mol. The Labute approximate surface area is 107 Å². The summed E-state index contributed by atoms with van der Waals surface area (Å²) < 4.78 is 0. The molecule has 1 aromatic heterocycles. The van der Waals surface area contributed by atoms with Gasteiger partial charge in [-0.2, -0.15) is 0 Å². The SMILES string of the molecule is Cc1ccc(-c2nc(C(C)(C)C)cc(=O)[nH]2)cc1. The number of nitrogens with zero attached hydrogens (tertiary/aromatic N) is 1. The summed E-state index contributed by atoms with van der Waals surface area (Å²) >= 11 is 0. The number of rotatable bonds is 1. The first-order valence-corrected chi connectivity index (χ1v) is 6.05. The van der Waals surface area contributed by atoms with Crippen LogP contribution < -0.4 is 5.56 Å². The molecule has 0 unspecified atom stereocenters. The third-order valence-corrected chi connectivity index (χ3v) is 2.84. The summed E-state index contributed by atoms with van der Waals surface area (Å²) in [5.41, 5.74) is 2.69. The first-order valence-electron chi connectivity index (χ1n) is 6.05. The fourth-order valence-electron chi connectivity index (χ4n) is 1.69. The smallest absolute Gasteiger partial charge is 0.251 e. The van der Waals surface area contributed by atoms with Crippen molar-refractivity contribution in [2.75, 3.05) is 0 Å². The van der Waals surface area contributed by atoms with E-state index in [0.29, 0.717) is 5.82 Å². The standard InChI is InChI=1S/C15H18N2O/c1-10-5-7-11(8-6-10)14-16-12(15(2,3)4)9-13(18)17-14/h5-9H,1-4H3,(H,16,17,18). The van der Waals surface area contributed by atoms with Crippen LogP contribution >= 0.6 is 0 Å². The van der Waals surface area contributed by atoms with E-state index in [1.807, 2.05) is 52.0 Å². The molecule has 1 heterocycles. The van der Waals surface area contributed by atoms with Crippen molar-refractivity contribution in [2.24, 2.45) is 0 Å². The Morgan fingerprint density at radius 2 is 1.72 bits per heavy atom. The molecule has 0 saturated heterocycles. The summed E-state index contributed by atoms with van der Waals surface area (Å²) in [6, 6.07) is 9.54. The van der Waals surface area contributed by atoms with Gasteiger partial charge in [-0.25, -0.2) is 4.98 Å². The largest absolute Gasteiger partial charge is 0.307 e. The summed E-state index contributed by atoms with van der Waals surface area (Å²) in [5, 5.41) is 0. The molecule has 0 bridgehead atoms. The average molecular weight is 242 g/mol.